The number of hydrogen-bond acceptors (Lipinski definition) is 8. The van der Waals surface area contributed by atoms with Crippen molar-refractivity contribution in [1.82, 2.24) is 35.1 Å². The van der Waals surface area contributed by atoms with Gasteiger partial charge in [-0.15, -0.1) is 0 Å². The van der Waals surface area contributed by atoms with Gasteiger partial charge in [-0.3, -0.25) is 5.10 Å². The smallest absolute Gasteiger partial charge is 0.315 e. The van der Waals surface area contributed by atoms with E-state index in [0.717, 1.165) is 31.5 Å². The lowest BCUT2D eigenvalue weighted by Crippen LogP contribution is -2.62. The van der Waals surface area contributed by atoms with Gasteiger partial charge in [0, 0.05) is 49.0 Å². The van der Waals surface area contributed by atoms with E-state index in [-0.39, 0.29) is 24.2 Å². The summed E-state index contributed by atoms with van der Waals surface area (Å²) >= 11 is 0. The molecule has 0 aromatic carbocycles. The van der Waals surface area contributed by atoms with Gasteiger partial charge in [0.25, 0.3) is 0 Å². The van der Waals surface area contributed by atoms with Crippen molar-refractivity contribution in [2.45, 2.75) is 75.4 Å². The third-order valence-electron chi connectivity index (χ3n) is 7.35. The van der Waals surface area contributed by atoms with Crippen molar-refractivity contribution in [2.24, 2.45) is 0 Å². The molecule has 0 bridgehead atoms. The Balaban J connectivity index is 1.04. The number of amides is 2. The first-order valence-corrected chi connectivity index (χ1v) is 14.6. The average molecular weight is 518 g/mol. The first-order chi connectivity index (χ1) is 17.3. The number of rotatable bonds is 8. The molecular weight excluding hydrogens is 482 g/mol. The van der Waals surface area contributed by atoms with Crippen molar-refractivity contribution >= 4 is 33.6 Å². The van der Waals surface area contributed by atoms with E-state index in [1.807, 2.05) is 6.07 Å². The summed E-state index contributed by atoms with van der Waals surface area (Å²) in [6.07, 6.45) is 11.4. The zero-order valence-corrected chi connectivity index (χ0v) is 21.4. The van der Waals surface area contributed by atoms with Crippen molar-refractivity contribution in [3.63, 3.8) is 0 Å². The highest BCUT2D eigenvalue weighted by Gasteiger charge is 2.34. The van der Waals surface area contributed by atoms with Crippen LogP contribution in [0.2, 0.25) is 0 Å². The summed E-state index contributed by atoms with van der Waals surface area (Å²) in [6, 6.07) is 3.86. The number of nitrogens with one attached hydrogen (secondary N) is 5. The van der Waals surface area contributed by atoms with Gasteiger partial charge < -0.3 is 21.3 Å². The van der Waals surface area contributed by atoms with Crippen LogP contribution in [0.4, 0.5) is 22.4 Å². The van der Waals surface area contributed by atoms with Gasteiger partial charge in [0.05, 0.1) is 12.3 Å². The zero-order chi connectivity index (χ0) is 25.1. The lowest BCUT2D eigenvalue weighted by atomic mass is 9.91. The van der Waals surface area contributed by atoms with Gasteiger partial charge in [0.15, 0.2) is 5.82 Å². The van der Waals surface area contributed by atoms with E-state index < -0.39 is 10.0 Å². The van der Waals surface area contributed by atoms with Crippen LogP contribution in [0.25, 0.3) is 0 Å². The molecule has 2 aromatic heterocycles. The second-order valence-corrected chi connectivity index (χ2v) is 12.2. The van der Waals surface area contributed by atoms with Crippen LogP contribution >= 0.6 is 0 Å². The summed E-state index contributed by atoms with van der Waals surface area (Å²) in [5.74, 6) is 2.60. The van der Waals surface area contributed by atoms with Crippen molar-refractivity contribution in [1.29, 1.82) is 0 Å². The quantitative estimate of drug-likeness (QED) is 0.357. The van der Waals surface area contributed by atoms with E-state index in [0.29, 0.717) is 30.8 Å². The monoisotopic (exact) mass is 517 g/mol. The van der Waals surface area contributed by atoms with Crippen molar-refractivity contribution in [3.05, 3.63) is 24.0 Å². The molecule has 13 heteroatoms. The molecule has 1 saturated heterocycles. The molecule has 2 aliphatic carbocycles. The minimum atomic E-state index is -3.18. The van der Waals surface area contributed by atoms with Crippen LogP contribution in [0.5, 0.6) is 0 Å². The maximum absolute atomic E-state index is 12.3. The molecule has 2 amide bonds. The molecule has 12 nitrogen and oxygen atoms in total. The molecule has 36 heavy (non-hydrogen) atoms. The largest absolute Gasteiger partial charge is 0.351 e. The molecule has 196 valence electrons. The Labute approximate surface area is 211 Å². The predicted octanol–water partition coefficient (Wildman–Crippen LogP) is 2.27. The van der Waals surface area contributed by atoms with Gasteiger partial charge in [-0.1, -0.05) is 12.8 Å². The number of aromatic nitrogens is 4. The lowest BCUT2D eigenvalue weighted by molar-refractivity contribution is 0.200. The van der Waals surface area contributed by atoms with Gasteiger partial charge in [-0.25, -0.2) is 18.2 Å². The van der Waals surface area contributed by atoms with Crippen LogP contribution in [0, 0.1) is 0 Å². The van der Waals surface area contributed by atoms with Gasteiger partial charge in [-0.2, -0.15) is 14.4 Å². The summed E-state index contributed by atoms with van der Waals surface area (Å²) in [4.78, 5) is 21.2. The van der Waals surface area contributed by atoms with Crippen molar-refractivity contribution in [3.8, 4) is 0 Å². The third-order valence-corrected chi connectivity index (χ3v) is 8.59. The fourth-order valence-electron chi connectivity index (χ4n) is 5.25. The average Bonchev–Trinajstić information content (AvgIpc) is 3.49. The van der Waals surface area contributed by atoms with Crippen LogP contribution in [-0.2, 0) is 10.0 Å². The lowest BCUT2D eigenvalue weighted by Gasteiger charge is -2.38. The summed E-state index contributed by atoms with van der Waals surface area (Å²) in [5.41, 5.74) is 1.19. The van der Waals surface area contributed by atoms with Gasteiger partial charge in [0.1, 0.15) is 5.82 Å². The van der Waals surface area contributed by atoms with Crippen LogP contribution < -0.4 is 21.3 Å². The fourth-order valence-corrected chi connectivity index (χ4v) is 6.15. The van der Waals surface area contributed by atoms with Crippen molar-refractivity contribution < 1.29 is 13.2 Å². The number of carbonyl (C=O) groups is 1. The number of sulfonamides is 1. The number of anilines is 3. The Morgan fingerprint density at radius 1 is 1.00 bits per heavy atom. The maximum Gasteiger partial charge on any atom is 0.315 e. The number of carbonyl (C=O) groups excluding carboxylic acids is 1. The summed E-state index contributed by atoms with van der Waals surface area (Å²) in [6.45, 7) is 0.664. The summed E-state index contributed by atoms with van der Waals surface area (Å²) < 4.78 is 24.2. The zero-order valence-electron chi connectivity index (χ0n) is 20.5. The second kappa shape index (κ2) is 10.6. The minimum absolute atomic E-state index is 0.0942. The molecular formula is C23H35N9O3S. The van der Waals surface area contributed by atoms with E-state index in [4.69, 9.17) is 0 Å². The van der Waals surface area contributed by atoms with Crippen LogP contribution in [-0.4, -0.2) is 76.4 Å². The Hall–Kier alpha value is -2.93. The van der Waals surface area contributed by atoms with Crippen molar-refractivity contribution in [2.75, 3.05) is 30.0 Å². The molecule has 5 N–H and O–H groups in total. The highest BCUT2D eigenvalue weighted by molar-refractivity contribution is 7.88. The Morgan fingerprint density at radius 3 is 2.42 bits per heavy atom. The third kappa shape index (κ3) is 6.25. The minimum Gasteiger partial charge on any atom is -0.351 e. The molecule has 3 heterocycles. The van der Waals surface area contributed by atoms with E-state index in [2.05, 4.69) is 47.5 Å². The summed E-state index contributed by atoms with van der Waals surface area (Å²) in [7, 11) is -3.18. The van der Waals surface area contributed by atoms with Gasteiger partial charge in [0.2, 0.25) is 16.0 Å². The number of nitrogens with zero attached hydrogens (tertiary/aromatic N) is 4. The highest BCUT2D eigenvalue weighted by atomic mass is 32.2. The normalized spacial score (nSPS) is 23.7. The van der Waals surface area contributed by atoms with E-state index in [1.165, 1.54) is 41.9 Å². The Kier molecular flexibility index (Phi) is 7.28. The van der Waals surface area contributed by atoms with Crippen LogP contribution in [0.3, 0.4) is 0 Å². The van der Waals surface area contributed by atoms with Gasteiger partial charge in [-0.05, 0) is 44.6 Å². The van der Waals surface area contributed by atoms with E-state index in [1.54, 1.807) is 6.20 Å². The predicted molar refractivity (Wildman–Crippen MR) is 137 cm³/mol. The molecule has 5 rings (SSSR count). The Morgan fingerprint density at radius 2 is 1.69 bits per heavy atom. The number of hydrogen-bond donors (Lipinski definition) is 5. The highest BCUT2D eigenvalue weighted by Crippen LogP contribution is 2.34. The van der Waals surface area contributed by atoms with Gasteiger partial charge >= 0.3 is 6.03 Å². The van der Waals surface area contributed by atoms with E-state index >= 15 is 0 Å². The first-order valence-electron chi connectivity index (χ1n) is 12.8. The topological polar surface area (TPSA) is 157 Å². The maximum atomic E-state index is 12.3. The van der Waals surface area contributed by atoms with E-state index in [9.17, 15) is 13.2 Å². The molecule has 0 radical (unpaired) electrons. The molecule has 3 aliphatic rings. The number of H-pyrrole nitrogens is 1. The SMILES string of the molecule is CS(=O)(=O)N1CC(NC(=O)NC2CCC(Nc3nccc(Nc4cc(C5CCCC5)[nH]n4)n3)CC2)C1. The van der Waals surface area contributed by atoms with Crippen LogP contribution in [0.1, 0.15) is 63.0 Å². The molecule has 1 aliphatic heterocycles. The first kappa shape index (κ1) is 24.8. The fraction of sp³-hybridized carbons (Fsp3) is 0.652. The molecule has 3 fully saturated rings. The summed E-state index contributed by atoms with van der Waals surface area (Å²) in [5, 5.41) is 20.1. The second-order valence-electron chi connectivity index (χ2n) is 10.2. The molecule has 2 aromatic rings. The van der Waals surface area contributed by atoms with Crippen LogP contribution in [0.15, 0.2) is 18.3 Å². The molecule has 2 saturated carbocycles. The number of aromatic amines is 1. The molecule has 0 unspecified atom stereocenters. The number of urea groups is 1. The Bertz CT molecular complexity index is 1150. The molecule has 0 spiro atoms. The standard InChI is InChI=1S/C23H35N9O3S/c1-36(34,35)32-13-18(14-32)27-23(33)26-17-8-6-16(7-9-17)25-22-24-11-10-20(29-22)28-21-12-19(30-31-21)15-4-2-3-5-15/h10-12,15-18H,2-9,13-14H2,1H3,(H2,26,27,33)(H3,24,25,28,29,30,31). The molecule has 0 atom stereocenters.